The lowest BCUT2D eigenvalue weighted by atomic mass is 9.64. The normalized spacial score (nSPS) is 23.2. The zero-order chi connectivity index (χ0) is 14.2. The molecule has 3 heteroatoms. The van der Waals surface area contributed by atoms with Gasteiger partial charge in [0.05, 0.1) is 5.41 Å². The molecular weight excluding hydrogens is 250 g/mol. The topological polar surface area (TPSA) is 40.5 Å². The molecule has 0 amide bonds. The number of aliphatic carboxylic acids is 1. The van der Waals surface area contributed by atoms with Gasteiger partial charge in [0.1, 0.15) is 0 Å². The number of carboxylic acids is 1. The molecule has 0 aromatic heterocycles. The van der Waals surface area contributed by atoms with Crippen LogP contribution in [0.2, 0.25) is 0 Å². The predicted molar refractivity (Wildman–Crippen MR) is 79.1 cm³/mol. The summed E-state index contributed by atoms with van der Waals surface area (Å²) in [6.45, 7) is 2.28. The molecule has 1 aliphatic heterocycles. The number of nitrogens with zero attached hydrogens (tertiary/aromatic N) is 1. The van der Waals surface area contributed by atoms with E-state index in [1.165, 1.54) is 18.4 Å². The Hall–Kier alpha value is -1.35. The number of hydrogen-bond acceptors (Lipinski definition) is 2. The van der Waals surface area contributed by atoms with Gasteiger partial charge in [0.15, 0.2) is 0 Å². The van der Waals surface area contributed by atoms with E-state index in [1.54, 1.807) is 0 Å². The van der Waals surface area contributed by atoms with Crippen LogP contribution in [0.25, 0.3) is 0 Å². The second kappa shape index (κ2) is 5.21. The van der Waals surface area contributed by atoms with E-state index in [4.69, 9.17) is 0 Å². The molecule has 3 nitrogen and oxygen atoms in total. The maximum atomic E-state index is 11.6. The molecule has 1 aromatic carbocycles. The minimum atomic E-state index is -0.649. The first-order valence-electron chi connectivity index (χ1n) is 7.64. The number of likely N-dealkylation sites (tertiary alicyclic amines) is 1. The summed E-state index contributed by atoms with van der Waals surface area (Å²) in [6.07, 6.45) is 4.98. The van der Waals surface area contributed by atoms with Crippen molar-refractivity contribution in [2.24, 2.45) is 0 Å². The first-order chi connectivity index (χ1) is 9.62. The van der Waals surface area contributed by atoms with Crippen molar-refractivity contribution < 1.29 is 9.90 Å². The fourth-order valence-electron chi connectivity index (χ4n) is 3.59. The molecule has 1 N–H and O–H groups in total. The number of piperidine rings is 1. The lowest BCUT2D eigenvalue weighted by molar-refractivity contribution is -0.147. The maximum absolute atomic E-state index is 11.6. The molecule has 1 heterocycles. The highest BCUT2D eigenvalue weighted by Crippen LogP contribution is 2.44. The van der Waals surface area contributed by atoms with E-state index < -0.39 is 11.4 Å². The van der Waals surface area contributed by atoms with Crippen molar-refractivity contribution in [2.45, 2.75) is 43.4 Å². The molecule has 0 unspecified atom stereocenters. The van der Waals surface area contributed by atoms with Gasteiger partial charge in [-0.3, -0.25) is 4.79 Å². The Morgan fingerprint density at radius 2 is 2.00 bits per heavy atom. The average Bonchev–Trinajstić information content (AvgIpc) is 2.38. The monoisotopic (exact) mass is 273 g/mol. The van der Waals surface area contributed by atoms with Crippen molar-refractivity contribution in [2.75, 3.05) is 20.1 Å². The number of benzene rings is 1. The number of rotatable bonds is 3. The quantitative estimate of drug-likeness (QED) is 0.920. The van der Waals surface area contributed by atoms with Gasteiger partial charge in [0.2, 0.25) is 0 Å². The van der Waals surface area contributed by atoms with Gasteiger partial charge < -0.3 is 10.0 Å². The second-order valence-electron chi connectivity index (χ2n) is 6.44. The average molecular weight is 273 g/mol. The Balaban J connectivity index is 1.84. The van der Waals surface area contributed by atoms with Gasteiger partial charge in [-0.1, -0.05) is 30.7 Å². The Kier molecular flexibility index (Phi) is 3.55. The zero-order valence-corrected chi connectivity index (χ0v) is 12.1. The first-order valence-corrected chi connectivity index (χ1v) is 7.64. The summed E-state index contributed by atoms with van der Waals surface area (Å²) in [7, 11) is 2.17. The third-order valence-electron chi connectivity index (χ3n) is 5.25. The van der Waals surface area contributed by atoms with Gasteiger partial charge in [0, 0.05) is 0 Å². The molecule has 0 bridgehead atoms. The van der Waals surface area contributed by atoms with E-state index in [0.29, 0.717) is 5.92 Å². The smallest absolute Gasteiger partial charge is 0.314 e. The summed E-state index contributed by atoms with van der Waals surface area (Å²) in [4.78, 5) is 14.0. The van der Waals surface area contributed by atoms with Crippen LogP contribution in [0.15, 0.2) is 24.3 Å². The Labute approximate surface area is 120 Å². The van der Waals surface area contributed by atoms with E-state index in [0.717, 1.165) is 37.9 Å². The second-order valence-corrected chi connectivity index (χ2v) is 6.44. The Morgan fingerprint density at radius 1 is 1.30 bits per heavy atom. The minimum Gasteiger partial charge on any atom is -0.481 e. The van der Waals surface area contributed by atoms with Crippen LogP contribution in [0.3, 0.4) is 0 Å². The van der Waals surface area contributed by atoms with E-state index >= 15 is 0 Å². The van der Waals surface area contributed by atoms with E-state index in [9.17, 15) is 9.90 Å². The van der Waals surface area contributed by atoms with Gasteiger partial charge >= 0.3 is 5.97 Å². The van der Waals surface area contributed by atoms with Gasteiger partial charge in [-0.05, 0) is 62.9 Å². The van der Waals surface area contributed by atoms with Crippen LogP contribution in [0.1, 0.15) is 49.1 Å². The number of carboxylic acid groups (broad SMARTS) is 1. The fourth-order valence-corrected chi connectivity index (χ4v) is 3.59. The van der Waals surface area contributed by atoms with E-state index in [1.807, 2.05) is 12.1 Å². The van der Waals surface area contributed by atoms with Crippen molar-refractivity contribution in [3.63, 3.8) is 0 Å². The zero-order valence-electron chi connectivity index (χ0n) is 12.1. The van der Waals surface area contributed by atoms with Gasteiger partial charge in [0.25, 0.3) is 0 Å². The molecule has 1 aliphatic carbocycles. The summed E-state index contributed by atoms with van der Waals surface area (Å²) in [5.41, 5.74) is 1.76. The maximum Gasteiger partial charge on any atom is 0.314 e. The highest BCUT2D eigenvalue weighted by molar-refractivity contribution is 5.82. The highest BCUT2D eigenvalue weighted by Gasteiger charge is 2.46. The summed E-state index contributed by atoms with van der Waals surface area (Å²) in [5, 5.41) is 9.57. The molecule has 20 heavy (non-hydrogen) atoms. The van der Waals surface area contributed by atoms with Crippen LogP contribution in [-0.2, 0) is 10.2 Å². The third-order valence-corrected chi connectivity index (χ3v) is 5.25. The van der Waals surface area contributed by atoms with Crippen molar-refractivity contribution in [1.82, 2.24) is 4.90 Å². The molecule has 3 rings (SSSR count). The summed E-state index contributed by atoms with van der Waals surface area (Å²) in [6, 6.07) is 8.40. The minimum absolute atomic E-state index is 0.595. The molecule has 108 valence electrons. The van der Waals surface area contributed by atoms with Crippen LogP contribution in [0.4, 0.5) is 0 Å². The van der Waals surface area contributed by atoms with E-state index in [-0.39, 0.29) is 0 Å². The highest BCUT2D eigenvalue weighted by atomic mass is 16.4. The lowest BCUT2D eigenvalue weighted by Crippen LogP contribution is -2.42. The van der Waals surface area contributed by atoms with Crippen LogP contribution >= 0.6 is 0 Å². The molecule has 0 atom stereocenters. The Morgan fingerprint density at radius 3 is 2.55 bits per heavy atom. The van der Waals surface area contributed by atoms with Gasteiger partial charge in [-0.15, -0.1) is 0 Å². The number of hydrogen-bond donors (Lipinski definition) is 1. The third kappa shape index (κ3) is 2.24. The summed E-state index contributed by atoms with van der Waals surface area (Å²) >= 11 is 0. The van der Waals surface area contributed by atoms with Crippen LogP contribution in [0, 0.1) is 0 Å². The first kappa shape index (κ1) is 13.6. The van der Waals surface area contributed by atoms with Crippen molar-refractivity contribution in [3.05, 3.63) is 35.4 Å². The predicted octanol–water partition coefficient (Wildman–Crippen LogP) is 3.00. The summed E-state index contributed by atoms with van der Waals surface area (Å²) < 4.78 is 0. The molecule has 0 radical (unpaired) electrons. The standard InChI is InChI=1S/C17H23NO2/c1-18-10-6-13(7-11-18)14-4-2-5-15(12-14)17(16(19)20)8-3-9-17/h2,4-5,12-13H,3,6-11H2,1H3,(H,19,20). The van der Waals surface area contributed by atoms with Crippen LogP contribution in [-0.4, -0.2) is 36.1 Å². The van der Waals surface area contributed by atoms with Crippen LogP contribution in [0.5, 0.6) is 0 Å². The SMILES string of the molecule is CN1CCC(c2cccc(C3(C(=O)O)CCC3)c2)CC1. The summed E-state index contributed by atoms with van der Waals surface area (Å²) in [5.74, 6) is -0.0543. The molecular formula is C17H23NO2. The fraction of sp³-hybridized carbons (Fsp3) is 0.588. The molecule has 2 fully saturated rings. The molecule has 2 aliphatic rings. The van der Waals surface area contributed by atoms with Crippen molar-refractivity contribution in [1.29, 1.82) is 0 Å². The molecule has 1 saturated heterocycles. The Bertz CT molecular complexity index is 499. The van der Waals surface area contributed by atoms with Crippen molar-refractivity contribution in [3.8, 4) is 0 Å². The molecule has 1 saturated carbocycles. The molecule has 0 spiro atoms. The van der Waals surface area contributed by atoms with E-state index in [2.05, 4.69) is 24.1 Å². The van der Waals surface area contributed by atoms with Gasteiger partial charge in [-0.25, -0.2) is 0 Å². The number of carbonyl (C=O) groups is 1. The largest absolute Gasteiger partial charge is 0.481 e. The van der Waals surface area contributed by atoms with Crippen molar-refractivity contribution >= 4 is 5.97 Å². The molecule has 1 aromatic rings. The lowest BCUT2D eigenvalue weighted by Gasteiger charge is -2.38. The van der Waals surface area contributed by atoms with Gasteiger partial charge in [-0.2, -0.15) is 0 Å². The van der Waals surface area contributed by atoms with Crippen LogP contribution < -0.4 is 0 Å².